The van der Waals surface area contributed by atoms with Crippen molar-refractivity contribution < 1.29 is 14.3 Å². The van der Waals surface area contributed by atoms with E-state index in [1.807, 2.05) is 6.07 Å². The molecule has 0 aliphatic heterocycles. The number of carbonyl (C=O) groups is 2. The third-order valence-corrected chi connectivity index (χ3v) is 5.30. The highest BCUT2D eigenvalue weighted by atomic mass is 32.1. The Balaban J connectivity index is 0.000000612. The average Bonchev–Trinajstić information content (AvgIpc) is 2.69. The summed E-state index contributed by atoms with van der Waals surface area (Å²) in [5.74, 6) is 1.83. The maximum atomic E-state index is 11.7. The molecule has 7 heteroatoms. The van der Waals surface area contributed by atoms with Crippen molar-refractivity contribution in [3.63, 3.8) is 0 Å². The second-order valence-electron chi connectivity index (χ2n) is 7.57. The smallest absolute Gasteiger partial charge is 0.257 e. The molecule has 6 nitrogen and oxygen atoms in total. The van der Waals surface area contributed by atoms with Gasteiger partial charge in [0.25, 0.3) is 5.91 Å². The first-order valence-electron chi connectivity index (χ1n) is 10.6. The number of benzene rings is 1. The normalized spacial score (nSPS) is 17.5. The fraction of sp³-hybridized carbons (Fsp3) is 0.636. The van der Waals surface area contributed by atoms with Crippen LogP contribution < -0.4 is 20.5 Å². The number of ether oxygens (including phenoxy) is 1. The van der Waals surface area contributed by atoms with Crippen LogP contribution in [0.3, 0.4) is 0 Å². The highest BCUT2D eigenvalue weighted by Gasteiger charge is 2.26. The standard InChI is InChI=1S/C20H31NO2.C2H6N2OS/c1-4-6-12-21-20(22)14-23-17-10-11-19-16(13-17)9-8-15(3)18(19)7-5-2;3-2(5)1-4-6/h10-11,13,15,18H,4-9,12,14H2,1-3H3,(H,21,22);4,6H,1H2,(H2,3,5). The van der Waals surface area contributed by atoms with Crippen LogP contribution in [0.2, 0.25) is 0 Å². The van der Waals surface area contributed by atoms with Gasteiger partial charge in [-0.3, -0.25) is 14.3 Å². The van der Waals surface area contributed by atoms with Gasteiger partial charge in [0.15, 0.2) is 6.61 Å². The fourth-order valence-corrected chi connectivity index (χ4v) is 3.73. The number of rotatable bonds is 10. The van der Waals surface area contributed by atoms with Gasteiger partial charge in [0.2, 0.25) is 5.91 Å². The van der Waals surface area contributed by atoms with E-state index in [4.69, 9.17) is 4.74 Å². The molecule has 29 heavy (non-hydrogen) atoms. The van der Waals surface area contributed by atoms with Gasteiger partial charge >= 0.3 is 0 Å². The SMILES string of the molecule is CCCCNC(=O)COc1ccc2c(c1)CCC(C)C2CCC.NC(=O)CNS. The van der Waals surface area contributed by atoms with Crippen molar-refractivity contribution in [2.45, 2.75) is 65.2 Å². The number of hydrogen-bond donors (Lipinski definition) is 4. The Hall–Kier alpha value is -1.73. The van der Waals surface area contributed by atoms with Crippen LogP contribution >= 0.6 is 12.8 Å². The number of fused-ring (bicyclic) bond motifs is 1. The molecule has 2 amide bonds. The molecular weight excluding hydrogens is 386 g/mol. The van der Waals surface area contributed by atoms with E-state index in [0.717, 1.165) is 37.5 Å². The largest absolute Gasteiger partial charge is 0.484 e. The van der Waals surface area contributed by atoms with Gasteiger partial charge in [0.05, 0.1) is 6.54 Å². The van der Waals surface area contributed by atoms with Crippen LogP contribution in [0.5, 0.6) is 5.75 Å². The molecule has 0 fully saturated rings. The lowest BCUT2D eigenvalue weighted by atomic mass is 9.74. The number of thiol groups is 1. The molecule has 2 rings (SSSR count). The van der Waals surface area contributed by atoms with E-state index < -0.39 is 5.91 Å². The number of nitrogens with one attached hydrogen (secondary N) is 2. The first-order valence-corrected chi connectivity index (χ1v) is 11.0. The second-order valence-corrected chi connectivity index (χ2v) is 7.88. The molecule has 164 valence electrons. The molecule has 0 bridgehead atoms. The van der Waals surface area contributed by atoms with Gasteiger partial charge < -0.3 is 15.8 Å². The van der Waals surface area contributed by atoms with Gasteiger partial charge in [-0.25, -0.2) is 0 Å². The predicted octanol–water partition coefficient (Wildman–Crippen LogP) is 3.35. The Morgan fingerprint density at radius 2 is 2.03 bits per heavy atom. The van der Waals surface area contributed by atoms with Crippen LogP contribution in [-0.2, 0) is 16.0 Å². The van der Waals surface area contributed by atoms with Crippen LogP contribution in [-0.4, -0.2) is 31.5 Å². The molecule has 1 aromatic rings. The van der Waals surface area contributed by atoms with Crippen LogP contribution in [0.15, 0.2) is 18.2 Å². The molecule has 2 unspecified atom stereocenters. The highest BCUT2D eigenvalue weighted by molar-refractivity contribution is 7.78. The number of nitrogens with two attached hydrogens (primary N) is 1. The minimum atomic E-state index is -0.398. The summed E-state index contributed by atoms with van der Waals surface area (Å²) in [5, 5.41) is 2.88. The summed E-state index contributed by atoms with van der Waals surface area (Å²) in [6, 6.07) is 6.39. The first-order chi connectivity index (χ1) is 13.9. The van der Waals surface area contributed by atoms with Crippen LogP contribution in [0.1, 0.15) is 69.9 Å². The van der Waals surface area contributed by atoms with Crippen LogP contribution in [0, 0.1) is 5.92 Å². The number of carbonyl (C=O) groups excluding carboxylic acids is 2. The molecule has 1 aliphatic carbocycles. The summed E-state index contributed by atoms with van der Waals surface area (Å²) < 4.78 is 7.96. The third kappa shape index (κ3) is 9.54. The predicted molar refractivity (Wildman–Crippen MR) is 121 cm³/mol. The topological polar surface area (TPSA) is 93.4 Å². The lowest BCUT2D eigenvalue weighted by Gasteiger charge is -2.31. The molecule has 0 saturated carbocycles. The molecule has 0 heterocycles. The maximum Gasteiger partial charge on any atom is 0.257 e. The van der Waals surface area contributed by atoms with Crippen molar-refractivity contribution in [1.82, 2.24) is 10.0 Å². The van der Waals surface area contributed by atoms with Crippen molar-refractivity contribution in [3.05, 3.63) is 29.3 Å². The Labute approximate surface area is 180 Å². The van der Waals surface area contributed by atoms with E-state index in [9.17, 15) is 9.59 Å². The summed E-state index contributed by atoms with van der Waals surface area (Å²) in [5.41, 5.74) is 7.55. The third-order valence-electron chi connectivity index (χ3n) is 5.15. The van der Waals surface area contributed by atoms with Gasteiger partial charge in [0.1, 0.15) is 5.75 Å². The van der Waals surface area contributed by atoms with Crippen LogP contribution in [0.25, 0.3) is 0 Å². The van der Waals surface area contributed by atoms with Crippen molar-refractivity contribution in [2.75, 3.05) is 19.7 Å². The molecule has 2 atom stereocenters. The minimum Gasteiger partial charge on any atom is -0.484 e. The lowest BCUT2D eigenvalue weighted by Crippen LogP contribution is -2.29. The molecule has 0 aromatic heterocycles. The Bertz CT molecular complexity index is 640. The van der Waals surface area contributed by atoms with Crippen molar-refractivity contribution in [3.8, 4) is 5.75 Å². The number of unbranched alkanes of at least 4 members (excludes halogenated alkanes) is 1. The maximum absolute atomic E-state index is 11.7. The highest BCUT2D eigenvalue weighted by Crippen LogP contribution is 2.40. The Morgan fingerprint density at radius 3 is 2.62 bits per heavy atom. The zero-order valence-electron chi connectivity index (χ0n) is 18.0. The van der Waals surface area contributed by atoms with Gasteiger partial charge in [-0.05, 0) is 60.8 Å². The van der Waals surface area contributed by atoms with Gasteiger partial charge in [0, 0.05) is 6.54 Å². The summed E-state index contributed by atoms with van der Waals surface area (Å²) in [6.07, 6.45) is 6.96. The zero-order chi connectivity index (χ0) is 21.6. The Kier molecular flexibility index (Phi) is 12.5. The van der Waals surface area contributed by atoms with E-state index >= 15 is 0 Å². The monoisotopic (exact) mass is 423 g/mol. The summed E-state index contributed by atoms with van der Waals surface area (Å²) >= 11 is 3.51. The molecule has 0 spiro atoms. The first kappa shape index (κ1) is 25.3. The average molecular weight is 424 g/mol. The number of primary amides is 1. The number of amides is 2. The van der Waals surface area contributed by atoms with E-state index in [1.54, 1.807) is 0 Å². The van der Waals surface area contributed by atoms with Gasteiger partial charge in [-0.2, -0.15) is 0 Å². The van der Waals surface area contributed by atoms with Gasteiger partial charge in [-0.1, -0.05) is 52.5 Å². The second kappa shape index (κ2) is 14.3. The fourth-order valence-electron chi connectivity index (χ4n) is 3.57. The number of hydrogen-bond acceptors (Lipinski definition) is 5. The van der Waals surface area contributed by atoms with E-state index in [1.165, 1.54) is 30.4 Å². The lowest BCUT2D eigenvalue weighted by molar-refractivity contribution is -0.123. The Morgan fingerprint density at radius 1 is 1.28 bits per heavy atom. The van der Waals surface area contributed by atoms with Crippen molar-refractivity contribution >= 4 is 24.6 Å². The molecule has 1 aromatic carbocycles. The van der Waals surface area contributed by atoms with E-state index in [0.29, 0.717) is 5.92 Å². The molecule has 1 aliphatic rings. The van der Waals surface area contributed by atoms with Crippen LogP contribution in [0.4, 0.5) is 0 Å². The summed E-state index contributed by atoms with van der Waals surface area (Å²) in [4.78, 5) is 21.4. The molecular formula is C22H37N3O3S. The summed E-state index contributed by atoms with van der Waals surface area (Å²) in [7, 11) is 0. The zero-order valence-corrected chi connectivity index (χ0v) is 18.9. The minimum absolute atomic E-state index is 0.0337. The van der Waals surface area contributed by atoms with Crippen molar-refractivity contribution in [1.29, 1.82) is 0 Å². The summed E-state index contributed by atoms with van der Waals surface area (Å²) in [6.45, 7) is 7.71. The van der Waals surface area contributed by atoms with E-state index in [2.05, 4.69) is 61.5 Å². The van der Waals surface area contributed by atoms with Gasteiger partial charge in [-0.15, -0.1) is 0 Å². The van der Waals surface area contributed by atoms with Crippen molar-refractivity contribution in [2.24, 2.45) is 11.7 Å². The van der Waals surface area contributed by atoms with E-state index in [-0.39, 0.29) is 19.1 Å². The number of aryl methyl sites for hydroxylation is 1. The molecule has 4 N–H and O–H groups in total. The quantitative estimate of drug-likeness (QED) is 0.343. The molecule has 0 saturated heterocycles. The molecule has 0 radical (unpaired) electrons.